The van der Waals surface area contributed by atoms with E-state index < -0.39 is 0 Å². The van der Waals surface area contributed by atoms with Crippen molar-refractivity contribution in [1.82, 2.24) is 4.90 Å². The van der Waals surface area contributed by atoms with E-state index in [-0.39, 0.29) is 6.04 Å². The first-order chi connectivity index (χ1) is 8.03. The molecule has 0 bridgehead atoms. The SMILES string of the molecule is C=CCC(C(CC)[C@@H](C)CC)N(C)C(C)C=O. The van der Waals surface area contributed by atoms with Crippen LogP contribution in [0.25, 0.3) is 0 Å². The van der Waals surface area contributed by atoms with E-state index in [2.05, 4.69) is 39.3 Å². The zero-order chi connectivity index (χ0) is 13.4. The fraction of sp³-hybridized carbons (Fsp3) is 0.800. The second kappa shape index (κ2) is 8.46. The molecule has 0 aromatic heterocycles. The van der Waals surface area contributed by atoms with Crippen LogP contribution in [0.5, 0.6) is 0 Å². The summed E-state index contributed by atoms with van der Waals surface area (Å²) < 4.78 is 0. The Morgan fingerprint density at radius 3 is 2.18 bits per heavy atom. The van der Waals surface area contributed by atoms with Gasteiger partial charge in [-0.05, 0) is 32.2 Å². The summed E-state index contributed by atoms with van der Waals surface area (Å²) in [5.74, 6) is 1.32. The van der Waals surface area contributed by atoms with Crippen molar-refractivity contribution in [2.45, 2.75) is 59.0 Å². The summed E-state index contributed by atoms with van der Waals surface area (Å²) in [5.41, 5.74) is 0. The van der Waals surface area contributed by atoms with Gasteiger partial charge >= 0.3 is 0 Å². The van der Waals surface area contributed by atoms with Gasteiger partial charge in [-0.25, -0.2) is 0 Å². The molecule has 3 unspecified atom stereocenters. The lowest BCUT2D eigenvalue weighted by Gasteiger charge is -2.38. The summed E-state index contributed by atoms with van der Waals surface area (Å²) in [6.07, 6.45) is 6.31. The second-order valence-electron chi connectivity index (χ2n) is 5.09. The van der Waals surface area contributed by atoms with Crippen LogP contribution in [0.3, 0.4) is 0 Å². The average molecular weight is 239 g/mol. The van der Waals surface area contributed by atoms with Crippen molar-refractivity contribution in [3.05, 3.63) is 12.7 Å². The molecule has 2 heteroatoms. The molecule has 0 saturated heterocycles. The number of rotatable bonds is 9. The smallest absolute Gasteiger partial charge is 0.136 e. The predicted molar refractivity (Wildman–Crippen MR) is 75.1 cm³/mol. The van der Waals surface area contributed by atoms with Gasteiger partial charge in [-0.3, -0.25) is 4.90 Å². The topological polar surface area (TPSA) is 20.3 Å². The summed E-state index contributed by atoms with van der Waals surface area (Å²) >= 11 is 0. The zero-order valence-electron chi connectivity index (χ0n) is 12.1. The van der Waals surface area contributed by atoms with E-state index in [0.29, 0.717) is 17.9 Å². The maximum Gasteiger partial charge on any atom is 0.136 e. The number of aldehydes is 1. The highest BCUT2D eigenvalue weighted by Crippen LogP contribution is 2.28. The molecule has 2 nitrogen and oxygen atoms in total. The Labute approximate surface area is 107 Å². The normalized spacial score (nSPS) is 18.5. The molecule has 0 saturated carbocycles. The Morgan fingerprint density at radius 1 is 1.24 bits per heavy atom. The van der Waals surface area contributed by atoms with Gasteiger partial charge in [-0.1, -0.05) is 39.7 Å². The molecule has 0 aromatic carbocycles. The highest BCUT2D eigenvalue weighted by molar-refractivity contribution is 5.56. The van der Waals surface area contributed by atoms with Crippen LogP contribution in [0.15, 0.2) is 12.7 Å². The molecule has 0 aromatic rings. The lowest BCUT2D eigenvalue weighted by molar-refractivity contribution is -0.112. The molecule has 0 rings (SSSR count). The molecule has 0 spiro atoms. The molecule has 0 aliphatic carbocycles. The van der Waals surface area contributed by atoms with Crippen LogP contribution in [0.2, 0.25) is 0 Å². The van der Waals surface area contributed by atoms with Crippen molar-refractivity contribution in [2.75, 3.05) is 7.05 Å². The molecule has 4 atom stereocenters. The van der Waals surface area contributed by atoms with Gasteiger partial charge in [-0.2, -0.15) is 0 Å². The first-order valence-electron chi connectivity index (χ1n) is 6.81. The van der Waals surface area contributed by atoms with Crippen LogP contribution in [-0.4, -0.2) is 30.3 Å². The van der Waals surface area contributed by atoms with E-state index in [1.807, 2.05) is 13.0 Å². The Balaban J connectivity index is 4.89. The quantitative estimate of drug-likeness (QED) is 0.453. The standard InChI is InChI=1S/C15H29NO/c1-7-10-15(16(6)13(5)11-17)14(9-3)12(4)8-2/h7,11-15H,1,8-10H2,2-6H3/t12-,13?,14?,15?/m0/s1. The van der Waals surface area contributed by atoms with Gasteiger partial charge in [0.1, 0.15) is 6.29 Å². The minimum absolute atomic E-state index is 0.0157. The molecule has 100 valence electrons. The minimum Gasteiger partial charge on any atom is -0.302 e. The van der Waals surface area contributed by atoms with Crippen LogP contribution >= 0.6 is 0 Å². The number of nitrogens with zero attached hydrogens (tertiary/aromatic N) is 1. The van der Waals surface area contributed by atoms with E-state index in [4.69, 9.17) is 0 Å². The van der Waals surface area contributed by atoms with Gasteiger partial charge in [0.15, 0.2) is 0 Å². The Morgan fingerprint density at radius 2 is 1.82 bits per heavy atom. The zero-order valence-corrected chi connectivity index (χ0v) is 12.1. The lowest BCUT2D eigenvalue weighted by Crippen LogP contribution is -2.45. The fourth-order valence-corrected chi connectivity index (χ4v) is 2.57. The third kappa shape index (κ3) is 4.63. The molecular formula is C15H29NO. The molecule has 17 heavy (non-hydrogen) atoms. The number of hydrogen-bond donors (Lipinski definition) is 0. The van der Waals surface area contributed by atoms with Crippen molar-refractivity contribution in [1.29, 1.82) is 0 Å². The largest absolute Gasteiger partial charge is 0.302 e. The maximum absolute atomic E-state index is 10.9. The second-order valence-corrected chi connectivity index (χ2v) is 5.09. The maximum atomic E-state index is 10.9. The summed E-state index contributed by atoms with van der Waals surface area (Å²) in [4.78, 5) is 13.1. The van der Waals surface area contributed by atoms with Crippen LogP contribution in [0.1, 0.15) is 47.0 Å². The van der Waals surface area contributed by atoms with Crippen molar-refractivity contribution < 1.29 is 4.79 Å². The summed E-state index contributed by atoms with van der Waals surface area (Å²) in [7, 11) is 2.05. The molecule has 0 radical (unpaired) electrons. The highest BCUT2D eigenvalue weighted by Gasteiger charge is 2.28. The number of hydrogen-bond acceptors (Lipinski definition) is 2. The molecule has 0 aliphatic heterocycles. The third-order valence-corrected chi connectivity index (χ3v) is 4.11. The molecular weight excluding hydrogens is 210 g/mol. The van der Waals surface area contributed by atoms with Gasteiger partial charge in [0, 0.05) is 6.04 Å². The Kier molecular flexibility index (Phi) is 8.15. The van der Waals surface area contributed by atoms with Gasteiger partial charge in [0.2, 0.25) is 0 Å². The summed E-state index contributed by atoms with van der Waals surface area (Å²) in [5, 5.41) is 0. The molecule has 0 aliphatic rings. The number of carbonyl (C=O) groups is 1. The number of likely N-dealkylation sites (N-methyl/N-ethyl adjacent to an activating group) is 1. The van der Waals surface area contributed by atoms with Crippen molar-refractivity contribution in [3.8, 4) is 0 Å². The van der Waals surface area contributed by atoms with Gasteiger partial charge in [0.25, 0.3) is 0 Å². The van der Waals surface area contributed by atoms with Gasteiger partial charge < -0.3 is 4.79 Å². The summed E-state index contributed by atoms with van der Waals surface area (Å²) in [6.45, 7) is 12.6. The van der Waals surface area contributed by atoms with E-state index in [1.54, 1.807) is 0 Å². The molecule has 0 N–H and O–H groups in total. The van der Waals surface area contributed by atoms with E-state index in [0.717, 1.165) is 19.1 Å². The van der Waals surface area contributed by atoms with Crippen LogP contribution in [0.4, 0.5) is 0 Å². The van der Waals surface area contributed by atoms with Crippen LogP contribution in [-0.2, 0) is 4.79 Å². The first-order valence-corrected chi connectivity index (χ1v) is 6.81. The van der Waals surface area contributed by atoms with Crippen molar-refractivity contribution in [3.63, 3.8) is 0 Å². The first kappa shape index (κ1) is 16.4. The third-order valence-electron chi connectivity index (χ3n) is 4.11. The van der Waals surface area contributed by atoms with Crippen LogP contribution in [0, 0.1) is 11.8 Å². The lowest BCUT2D eigenvalue weighted by atomic mass is 9.81. The average Bonchev–Trinajstić information content (AvgIpc) is 2.36. The van der Waals surface area contributed by atoms with Crippen molar-refractivity contribution in [2.24, 2.45) is 11.8 Å². The number of carbonyl (C=O) groups excluding carboxylic acids is 1. The molecule has 0 fully saturated rings. The van der Waals surface area contributed by atoms with Gasteiger partial charge in [0.05, 0.1) is 6.04 Å². The molecule has 0 amide bonds. The van der Waals surface area contributed by atoms with E-state index in [9.17, 15) is 4.79 Å². The highest BCUT2D eigenvalue weighted by atomic mass is 16.1. The van der Waals surface area contributed by atoms with E-state index in [1.165, 1.54) is 6.42 Å². The van der Waals surface area contributed by atoms with Gasteiger partial charge in [-0.15, -0.1) is 6.58 Å². The van der Waals surface area contributed by atoms with Crippen molar-refractivity contribution >= 4 is 6.29 Å². The monoisotopic (exact) mass is 239 g/mol. The molecule has 0 heterocycles. The predicted octanol–water partition coefficient (Wildman–Crippen LogP) is 3.52. The van der Waals surface area contributed by atoms with Crippen LogP contribution < -0.4 is 0 Å². The Bertz CT molecular complexity index is 227. The van der Waals surface area contributed by atoms with E-state index >= 15 is 0 Å². The summed E-state index contributed by atoms with van der Waals surface area (Å²) in [6, 6.07) is 0.408. The Hall–Kier alpha value is -0.630. The minimum atomic E-state index is -0.0157. The fourth-order valence-electron chi connectivity index (χ4n) is 2.57.